The van der Waals surface area contributed by atoms with Crippen molar-refractivity contribution < 1.29 is 9.18 Å². The summed E-state index contributed by atoms with van der Waals surface area (Å²) in [5.41, 5.74) is 0.584. The fourth-order valence-corrected chi connectivity index (χ4v) is 2.58. The van der Waals surface area contributed by atoms with Crippen LogP contribution in [-0.4, -0.2) is 24.9 Å². The molecule has 0 N–H and O–H groups in total. The Balaban J connectivity index is 2.36. The minimum Gasteiger partial charge on any atom is -0.345 e. The van der Waals surface area contributed by atoms with Crippen molar-refractivity contribution in [3.8, 4) is 0 Å². The van der Waals surface area contributed by atoms with E-state index in [1.807, 2.05) is 18.2 Å². The molecule has 0 aliphatic rings. The van der Waals surface area contributed by atoms with E-state index in [4.69, 9.17) is 0 Å². The molecule has 0 heterocycles. The maximum absolute atomic E-state index is 13.7. The standard InChI is InChI=1S/C15H14FNOS/c1-17(2)15(18)11-7-3-5-9-13(11)19-14-10-6-4-8-12(14)16/h3-10H,1-2H3. The molecule has 0 saturated heterocycles. The number of rotatable bonds is 3. The molecule has 98 valence electrons. The highest BCUT2D eigenvalue weighted by atomic mass is 32.2. The molecule has 19 heavy (non-hydrogen) atoms. The second-order valence-electron chi connectivity index (χ2n) is 4.23. The van der Waals surface area contributed by atoms with Gasteiger partial charge in [-0.2, -0.15) is 0 Å². The number of hydrogen-bond acceptors (Lipinski definition) is 2. The zero-order valence-corrected chi connectivity index (χ0v) is 11.6. The number of nitrogens with zero attached hydrogens (tertiary/aromatic N) is 1. The topological polar surface area (TPSA) is 20.3 Å². The van der Waals surface area contributed by atoms with E-state index < -0.39 is 0 Å². The van der Waals surface area contributed by atoms with Gasteiger partial charge in [-0.05, 0) is 24.3 Å². The molecule has 2 aromatic carbocycles. The van der Waals surface area contributed by atoms with Gasteiger partial charge in [0.15, 0.2) is 0 Å². The van der Waals surface area contributed by atoms with Gasteiger partial charge in [0.25, 0.3) is 5.91 Å². The van der Waals surface area contributed by atoms with Crippen molar-refractivity contribution in [2.45, 2.75) is 9.79 Å². The second kappa shape index (κ2) is 5.89. The van der Waals surface area contributed by atoms with Gasteiger partial charge in [0.05, 0.1) is 5.56 Å². The van der Waals surface area contributed by atoms with E-state index >= 15 is 0 Å². The fourth-order valence-electron chi connectivity index (χ4n) is 1.62. The van der Waals surface area contributed by atoms with Crippen LogP contribution in [0, 0.1) is 5.82 Å². The van der Waals surface area contributed by atoms with Crippen molar-refractivity contribution >= 4 is 17.7 Å². The molecular formula is C15H14FNOS. The van der Waals surface area contributed by atoms with Gasteiger partial charge in [0, 0.05) is 23.9 Å². The number of hydrogen-bond donors (Lipinski definition) is 0. The quantitative estimate of drug-likeness (QED) is 0.851. The monoisotopic (exact) mass is 275 g/mol. The minimum atomic E-state index is -0.278. The lowest BCUT2D eigenvalue weighted by Crippen LogP contribution is -2.22. The van der Waals surface area contributed by atoms with Crippen LogP contribution in [0.15, 0.2) is 58.3 Å². The molecule has 0 unspecified atom stereocenters. The molecular weight excluding hydrogens is 261 g/mol. The average Bonchev–Trinajstić information content (AvgIpc) is 2.41. The Kier molecular flexibility index (Phi) is 4.22. The number of amides is 1. The number of carbonyl (C=O) groups excluding carboxylic acids is 1. The first-order chi connectivity index (χ1) is 9.09. The lowest BCUT2D eigenvalue weighted by atomic mass is 10.2. The van der Waals surface area contributed by atoms with E-state index in [0.29, 0.717) is 10.5 Å². The van der Waals surface area contributed by atoms with Gasteiger partial charge in [0.2, 0.25) is 0 Å². The fraction of sp³-hybridized carbons (Fsp3) is 0.133. The summed E-state index contributed by atoms with van der Waals surface area (Å²) < 4.78 is 13.7. The summed E-state index contributed by atoms with van der Waals surface area (Å²) in [5.74, 6) is -0.362. The van der Waals surface area contributed by atoms with Crippen LogP contribution in [-0.2, 0) is 0 Å². The molecule has 0 aliphatic heterocycles. The predicted octanol–water partition coefficient (Wildman–Crippen LogP) is 3.68. The summed E-state index contributed by atoms with van der Waals surface area (Å²) in [6.45, 7) is 0. The molecule has 0 aromatic heterocycles. The van der Waals surface area contributed by atoms with Crippen LogP contribution in [0.4, 0.5) is 4.39 Å². The summed E-state index contributed by atoms with van der Waals surface area (Å²) in [6, 6.07) is 13.8. The smallest absolute Gasteiger partial charge is 0.254 e. The minimum absolute atomic E-state index is 0.0839. The van der Waals surface area contributed by atoms with Crippen molar-refractivity contribution in [3.05, 3.63) is 59.9 Å². The highest BCUT2D eigenvalue weighted by Gasteiger charge is 2.14. The third-order valence-electron chi connectivity index (χ3n) is 2.58. The highest BCUT2D eigenvalue weighted by Crippen LogP contribution is 2.32. The summed E-state index contributed by atoms with van der Waals surface area (Å²) in [5, 5.41) is 0. The van der Waals surface area contributed by atoms with Crippen LogP contribution >= 0.6 is 11.8 Å². The number of carbonyl (C=O) groups is 1. The lowest BCUT2D eigenvalue weighted by molar-refractivity contribution is 0.0824. The van der Waals surface area contributed by atoms with E-state index in [2.05, 4.69) is 0 Å². The maximum atomic E-state index is 13.7. The zero-order valence-electron chi connectivity index (χ0n) is 10.8. The largest absolute Gasteiger partial charge is 0.345 e. The zero-order chi connectivity index (χ0) is 13.8. The Morgan fingerprint density at radius 3 is 2.21 bits per heavy atom. The van der Waals surface area contributed by atoms with Gasteiger partial charge in [-0.15, -0.1) is 0 Å². The van der Waals surface area contributed by atoms with Gasteiger partial charge in [0.1, 0.15) is 5.82 Å². The van der Waals surface area contributed by atoms with Crippen LogP contribution in [0.25, 0.3) is 0 Å². The van der Waals surface area contributed by atoms with E-state index in [0.717, 1.165) is 4.90 Å². The normalized spacial score (nSPS) is 10.3. The SMILES string of the molecule is CN(C)C(=O)c1ccccc1Sc1ccccc1F. The van der Waals surface area contributed by atoms with Crippen molar-refractivity contribution in [1.29, 1.82) is 0 Å². The first-order valence-electron chi connectivity index (χ1n) is 5.82. The predicted molar refractivity (Wildman–Crippen MR) is 75.0 cm³/mol. The first-order valence-corrected chi connectivity index (χ1v) is 6.64. The molecule has 0 spiro atoms. The number of benzene rings is 2. The van der Waals surface area contributed by atoms with Crippen LogP contribution < -0.4 is 0 Å². The van der Waals surface area contributed by atoms with E-state index in [9.17, 15) is 9.18 Å². The van der Waals surface area contributed by atoms with Gasteiger partial charge >= 0.3 is 0 Å². The van der Waals surface area contributed by atoms with E-state index in [1.165, 1.54) is 22.7 Å². The molecule has 4 heteroatoms. The molecule has 0 bridgehead atoms. The first kappa shape index (κ1) is 13.6. The Bertz CT molecular complexity index is 598. The lowest BCUT2D eigenvalue weighted by Gasteiger charge is -2.13. The summed E-state index contributed by atoms with van der Waals surface area (Å²) in [6.07, 6.45) is 0. The molecule has 1 amide bonds. The molecule has 2 rings (SSSR count). The van der Waals surface area contributed by atoms with Gasteiger partial charge in [-0.25, -0.2) is 4.39 Å². The van der Waals surface area contributed by atoms with Crippen molar-refractivity contribution in [3.63, 3.8) is 0 Å². The molecule has 0 radical (unpaired) electrons. The summed E-state index contributed by atoms with van der Waals surface area (Å²) in [7, 11) is 3.40. The van der Waals surface area contributed by atoms with Gasteiger partial charge in [-0.1, -0.05) is 36.0 Å². The van der Waals surface area contributed by atoms with Crippen molar-refractivity contribution in [2.24, 2.45) is 0 Å². The molecule has 0 atom stereocenters. The Morgan fingerprint density at radius 1 is 1.00 bits per heavy atom. The van der Waals surface area contributed by atoms with Crippen LogP contribution in [0.5, 0.6) is 0 Å². The Morgan fingerprint density at radius 2 is 1.58 bits per heavy atom. The highest BCUT2D eigenvalue weighted by molar-refractivity contribution is 7.99. The average molecular weight is 275 g/mol. The maximum Gasteiger partial charge on any atom is 0.254 e. The molecule has 2 nitrogen and oxygen atoms in total. The second-order valence-corrected chi connectivity index (χ2v) is 5.31. The van der Waals surface area contributed by atoms with Crippen LogP contribution in [0.1, 0.15) is 10.4 Å². The molecule has 0 fully saturated rings. The van der Waals surface area contributed by atoms with E-state index in [-0.39, 0.29) is 11.7 Å². The van der Waals surface area contributed by atoms with Gasteiger partial charge < -0.3 is 4.90 Å². The number of halogens is 1. The van der Waals surface area contributed by atoms with Crippen LogP contribution in [0.3, 0.4) is 0 Å². The van der Waals surface area contributed by atoms with Crippen molar-refractivity contribution in [2.75, 3.05) is 14.1 Å². The molecule has 2 aromatic rings. The Labute approximate surface area is 116 Å². The van der Waals surface area contributed by atoms with E-state index in [1.54, 1.807) is 38.4 Å². The van der Waals surface area contributed by atoms with Crippen molar-refractivity contribution in [1.82, 2.24) is 4.90 Å². The third-order valence-corrected chi connectivity index (χ3v) is 3.71. The molecule has 0 aliphatic carbocycles. The summed E-state index contributed by atoms with van der Waals surface area (Å²) in [4.78, 5) is 14.8. The summed E-state index contributed by atoms with van der Waals surface area (Å²) >= 11 is 1.26. The van der Waals surface area contributed by atoms with Gasteiger partial charge in [-0.3, -0.25) is 4.79 Å². The third kappa shape index (κ3) is 3.15. The van der Waals surface area contributed by atoms with Crippen LogP contribution in [0.2, 0.25) is 0 Å². The Hall–Kier alpha value is -1.81. The molecule has 0 saturated carbocycles.